The molecule has 0 bridgehead atoms. The Balaban J connectivity index is 0.00000392. The third kappa shape index (κ3) is 7.37. The molecule has 0 heterocycles. The van der Waals surface area contributed by atoms with Crippen molar-refractivity contribution in [3.63, 3.8) is 0 Å². The maximum atomic E-state index is 13.6. The van der Waals surface area contributed by atoms with Crippen LogP contribution in [-0.2, 0) is 0 Å². The van der Waals surface area contributed by atoms with Crippen LogP contribution in [-0.4, -0.2) is 56.8 Å². The molecule has 2 aromatic rings. The molecule has 28 heavy (non-hydrogen) atoms. The molecule has 0 fully saturated rings. The summed E-state index contributed by atoms with van der Waals surface area (Å²) >= 11 is 0. The number of nitrogens with one attached hydrogen (secondary N) is 2. The zero-order chi connectivity index (χ0) is 19.6. The molecule has 154 valence electrons. The molecule has 2 atom stereocenters. The van der Waals surface area contributed by atoms with Crippen molar-refractivity contribution < 1.29 is 9.50 Å². The molecule has 0 aromatic heterocycles. The smallest absolute Gasteiger partial charge is 0.191 e. The molecule has 7 heteroatoms. The summed E-state index contributed by atoms with van der Waals surface area (Å²) in [5.74, 6) is 0.390. The van der Waals surface area contributed by atoms with Gasteiger partial charge in [0.25, 0.3) is 0 Å². The van der Waals surface area contributed by atoms with Crippen LogP contribution < -0.4 is 10.6 Å². The van der Waals surface area contributed by atoms with Crippen molar-refractivity contribution >= 4 is 29.9 Å². The fourth-order valence-electron chi connectivity index (χ4n) is 2.96. The van der Waals surface area contributed by atoms with Crippen LogP contribution in [0.15, 0.2) is 59.6 Å². The predicted molar refractivity (Wildman–Crippen MR) is 124 cm³/mol. The van der Waals surface area contributed by atoms with Gasteiger partial charge in [-0.25, -0.2) is 4.39 Å². The Labute approximate surface area is 184 Å². The van der Waals surface area contributed by atoms with Crippen LogP contribution in [0.1, 0.15) is 23.1 Å². The van der Waals surface area contributed by atoms with E-state index in [1.165, 1.54) is 6.07 Å². The Bertz CT molecular complexity index is 727. The number of hydrogen-bond donors (Lipinski definition) is 3. The van der Waals surface area contributed by atoms with E-state index >= 15 is 0 Å². The van der Waals surface area contributed by atoms with Gasteiger partial charge in [0, 0.05) is 26.1 Å². The molecule has 0 aliphatic rings. The monoisotopic (exact) mass is 500 g/mol. The number of aliphatic hydroxyl groups is 1. The van der Waals surface area contributed by atoms with E-state index in [0.717, 1.165) is 11.1 Å². The molecule has 0 saturated carbocycles. The molecule has 5 nitrogen and oxygen atoms in total. The molecule has 3 N–H and O–H groups in total. The molecule has 2 rings (SSSR count). The first-order valence-electron chi connectivity index (χ1n) is 9.07. The number of aliphatic imine (C=N–C) groups is 1. The predicted octanol–water partition coefficient (Wildman–Crippen LogP) is 2.99. The van der Waals surface area contributed by atoms with Crippen LogP contribution in [0.3, 0.4) is 0 Å². The summed E-state index contributed by atoms with van der Waals surface area (Å²) < 4.78 is 13.6. The summed E-state index contributed by atoms with van der Waals surface area (Å²) in [6, 6.07) is 16.5. The Morgan fingerprint density at radius 1 is 1.04 bits per heavy atom. The third-order valence-electron chi connectivity index (χ3n) is 4.55. The highest BCUT2D eigenvalue weighted by Gasteiger charge is 2.16. The van der Waals surface area contributed by atoms with Gasteiger partial charge in [-0.1, -0.05) is 42.5 Å². The maximum Gasteiger partial charge on any atom is 0.191 e. The van der Waals surface area contributed by atoms with Gasteiger partial charge in [-0.2, -0.15) is 0 Å². The minimum absolute atomic E-state index is 0. The number of rotatable bonds is 8. The second-order valence-electron chi connectivity index (χ2n) is 6.66. The first kappa shape index (κ1) is 24.3. The number of nitrogens with zero attached hydrogens (tertiary/aromatic N) is 2. The van der Waals surface area contributed by atoms with E-state index in [-0.39, 0.29) is 48.4 Å². The van der Waals surface area contributed by atoms with Crippen LogP contribution in [0, 0.1) is 5.82 Å². The Kier molecular flexibility index (Phi) is 11.0. The summed E-state index contributed by atoms with van der Waals surface area (Å²) in [6.45, 7) is 1.19. The van der Waals surface area contributed by atoms with Gasteiger partial charge in [0.2, 0.25) is 0 Å². The van der Waals surface area contributed by atoms with Crippen molar-refractivity contribution in [3.05, 3.63) is 71.5 Å². The summed E-state index contributed by atoms with van der Waals surface area (Å²) in [6.07, 6.45) is 0. The van der Waals surface area contributed by atoms with E-state index in [0.29, 0.717) is 19.0 Å². The van der Waals surface area contributed by atoms with Crippen molar-refractivity contribution in [2.75, 3.05) is 40.8 Å². The lowest BCUT2D eigenvalue weighted by molar-refractivity contribution is 0.264. The maximum absolute atomic E-state index is 13.6. The molecular formula is C21H30FIN4O. The van der Waals surface area contributed by atoms with E-state index in [1.807, 2.05) is 55.4 Å². The van der Waals surface area contributed by atoms with Crippen LogP contribution >= 0.6 is 24.0 Å². The Hall–Kier alpha value is -1.71. The van der Waals surface area contributed by atoms with Gasteiger partial charge >= 0.3 is 0 Å². The highest BCUT2D eigenvalue weighted by atomic mass is 127. The summed E-state index contributed by atoms with van der Waals surface area (Å²) in [4.78, 5) is 6.29. The molecule has 0 amide bonds. The number of hydrogen-bond acceptors (Lipinski definition) is 3. The average molecular weight is 500 g/mol. The fraction of sp³-hybridized carbons (Fsp3) is 0.381. The Morgan fingerprint density at radius 3 is 2.25 bits per heavy atom. The molecule has 2 aromatic carbocycles. The van der Waals surface area contributed by atoms with Crippen molar-refractivity contribution in [2.24, 2.45) is 4.99 Å². The quantitative estimate of drug-likeness (QED) is 0.297. The minimum atomic E-state index is -0.240. The van der Waals surface area contributed by atoms with Gasteiger partial charge in [0.15, 0.2) is 5.96 Å². The van der Waals surface area contributed by atoms with Crippen LogP contribution in [0.25, 0.3) is 0 Å². The number of halogens is 2. The van der Waals surface area contributed by atoms with E-state index in [9.17, 15) is 9.50 Å². The van der Waals surface area contributed by atoms with E-state index in [2.05, 4.69) is 15.6 Å². The first-order valence-corrected chi connectivity index (χ1v) is 9.07. The van der Waals surface area contributed by atoms with Gasteiger partial charge in [-0.3, -0.25) is 4.99 Å². The standard InChI is InChI=1S/C21H29FN4O.HI/c1-23-21(24-13-18(15-27)16-8-5-4-6-9-16)25-14-20(26(2)3)17-10-7-11-19(22)12-17;/h4-12,18,20,27H,13-15H2,1-3H3,(H2,23,24,25);1H. The zero-order valence-electron chi connectivity index (χ0n) is 16.6. The lowest BCUT2D eigenvalue weighted by atomic mass is 10.0. The lowest BCUT2D eigenvalue weighted by Crippen LogP contribution is -2.43. The van der Waals surface area contributed by atoms with Crippen LogP contribution in [0.5, 0.6) is 0 Å². The number of likely N-dealkylation sites (N-methyl/N-ethyl adjacent to an activating group) is 1. The minimum Gasteiger partial charge on any atom is -0.396 e. The highest BCUT2D eigenvalue weighted by Crippen LogP contribution is 2.18. The molecule has 0 aliphatic carbocycles. The Morgan fingerprint density at radius 2 is 1.68 bits per heavy atom. The number of guanidine groups is 1. The van der Waals surface area contributed by atoms with E-state index < -0.39 is 0 Å². The van der Waals surface area contributed by atoms with Gasteiger partial charge < -0.3 is 20.6 Å². The number of aliphatic hydroxyl groups excluding tert-OH is 1. The van der Waals surface area contributed by atoms with Gasteiger partial charge in [0.1, 0.15) is 5.82 Å². The van der Waals surface area contributed by atoms with Gasteiger partial charge in [-0.15, -0.1) is 24.0 Å². The first-order chi connectivity index (χ1) is 13.0. The largest absolute Gasteiger partial charge is 0.396 e. The summed E-state index contributed by atoms with van der Waals surface area (Å²) in [5.41, 5.74) is 1.98. The van der Waals surface area contributed by atoms with Crippen molar-refractivity contribution in [1.82, 2.24) is 15.5 Å². The summed E-state index contributed by atoms with van der Waals surface area (Å²) in [7, 11) is 5.63. The molecule has 0 radical (unpaired) electrons. The third-order valence-corrected chi connectivity index (χ3v) is 4.55. The highest BCUT2D eigenvalue weighted by molar-refractivity contribution is 14.0. The van der Waals surface area contributed by atoms with Crippen molar-refractivity contribution in [2.45, 2.75) is 12.0 Å². The average Bonchev–Trinajstić information content (AvgIpc) is 2.67. The van der Waals surface area contributed by atoms with Crippen LogP contribution in [0.2, 0.25) is 0 Å². The molecule has 2 unspecified atom stereocenters. The summed E-state index contributed by atoms with van der Waals surface area (Å²) in [5, 5.41) is 16.2. The van der Waals surface area contributed by atoms with E-state index in [1.54, 1.807) is 19.2 Å². The SMILES string of the molecule is CN=C(NCC(CO)c1ccccc1)NCC(c1cccc(F)c1)N(C)C.I. The van der Waals surface area contributed by atoms with Crippen LogP contribution in [0.4, 0.5) is 4.39 Å². The second-order valence-corrected chi connectivity index (χ2v) is 6.66. The van der Waals surface area contributed by atoms with Gasteiger partial charge in [0.05, 0.1) is 12.6 Å². The van der Waals surface area contributed by atoms with E-state index in [4.69, 9.17) is 0 Å². The molecule has 0 spiro atoms. The van der Waals surface area contributed by atoms with Gasteiger partial charge in [-0.05, 0) is 37.4 Å². The molecule has 0 saturated heterocycles. The molecule has 0 aliphatic heterocycles. The lowest BCUT2D eigenvalue weighted by Gasteiger charge is -2.26. The topological polar surface area (TPSA) is 59.9 Å². The van der Waals surface area contributed by atoms with Crippen molar-refractivity contribution in [3.8, 4) is 0 Å². The zero-order valence-corrected chi connectivity index (χ0v) is 18.9. The molecular weight excluding hydrogens is 470 g/mol. The normalized spacial score (nSPS) is 13.6. The second kappa shape index (κ2) is 12.7. The fourth-order valence-corrected chi connectivity index (χ4v) is 2.96. The van der Waals surface area contributed by atoms with Crippen molar-refractivity contribution in [1.29, 1.82) is 0 Å². The number of benzene rings is 2.